The number of aliphatic carboxylic acids is 2. The second kappa shape index (κ2) is 23.8. The number of amides is 2. The van der Waals surface area contributed by atoms with Crippen LogP contribution in [0.5, 0.6) is 0 Å². The van der Waals surface area contributed by atoms with Crippen LogP contribution in [0.2, 0.25) is 0 Å². The van der Waals surface area contributed by atoms with Gasteiger partial charge in [0.1, 0.15) is 17.0 Å². The number of carbonyl (C=O) groups excluding carboxylic acids is 3. The predicted molar refractivity (Wildman–Crippen MR) is 275 cm³/mol. The van der Waals surface area contributed by atoms with Crippen LogP contribution in [0.1, 0.15) is 154 Å². The van der Waals surface area contributed by atoms with Crippen LogP contribution in [0.15, 0.2) is 72.8 Å². The molecule has 71 heavy (non-hydrogen) atoms. The lowest BCUT2D eigenvalue weighted by molar-refractivity contribution is -0.149. The highest BCUT2D eigenvalue weighted by atomic mass is 16.6. The van der Waals surface area contributed by atoms with Crippen LogP contribution in [0, 0.1) is 10.8 Å². The summed E-state index contributed by atoms with van der Waals surface area (Å²) < 4.78 is 15.9. The van der Waals surface area contributed by atoms with Crippen LogP contribution in [0.3, 0.4) is 0 Å². The summed E-state index contributed by atoms with van der Waals surface area (Å²) in [6.45, 7) is 16.8. The standard InChI is InChI=1S/C26H34N2O5.C26H32N2O5.C4H8O/c2*1-17(28(5)24(32)33-25(2,3)4)21-9-8-19-7-6-18(16-22(19)27-21)10-13-26(23(30)31)14-11-20(29)12-15-26;1-2-4-5-3-1/h6-10,13,16-17,20,29H,11-12,14-15H2,1-5H3,(H,30,31);6-10,13,16-17H,11-12,14-15H2,1-5H3,(H,30,31);1-4H2/b2*13-10+;/t17-,20?,26?;17-;/m11./s1. The maximum absolute atomic E-state index is 12.4. The van der Waals surface area contributed by atoms with Gasteiger partial charge in [-0.05, 0) is 142 Å². The fourth-order valence-electron chi connectivity index (χ4n) is 8.37. The molecular formula is C56H74N4O11. The van der Waals surface area contributed by atoms with Crippen molar-refractivity contribution in [1.82, 2.24) is 19.8 Å². The Morgan fingerprint density at radius 3 is 1.39 bits per heavy atom. The van der Waals surface area contributed by atoms with Gasteiger partial charge in [-0.15, -0.1) is 0 Å². The number of pyridine rings is 2. The molecule has 4 aromatic rings. The smallest absolute Gasteiger partial charge is 0.410 e. The average molecular weight is 979 g/mol. The summed E-state index contributed by atoms with van der Waals surface area (Å²) in [4.78, 5) is 72.9. The molecule has 2 saturated carbocycles. The lowest BCUT2D eigenvalue weighted by Gasteiger charge is -2.32. The van der Waals surface area contributed by atoms with E-state index in [2.05, 4.69) is 0 Å². The molecule has 2 aliphatic carbocycles. The molecule has 15 nitrogen and oxygen atoms in total. The molecule has 1 saturated heterocycles. The van der Waals surface area contributed by atoms with Gasteiger partial charge < -0.3 is 39.3 Å². The molecule has 0 spiro atoms. The number of rotatable bonds is 10. The molecule has 3 aliphatic rings. The minimum absolute atomic E-state index is 0.119. The Balaban J connectivity index is 0.000000240. The summed E-state index contributed by atoms with van der Waals surface area (Å²) in [6.07, 6.45) is 11.5. The largest absolute Gasteiger partial charge is 0.481 e. The Bertz CT molecular complexity index is 2560. The van der Waals surface area contributed by atoms with E-state index in [1.54, 1.807) is 32.3 Å². The second-order valence-electron chi connectivity index (χ2n) is 21.1. The van der Waals surface area contributed by atoms with Crippen molar-refractivity contribution >= 4 is 63.9 Å². The number of ketones is 1. The number of ether oxygens (including phenoxy) is 3. The Kier molecular flexibility index (Phi) is 18.7. The van der Waals surface area contributed by atoms with Crippen molar-refractivity contribution in [2.75, 3.05) is 27.3 Å². The van der Waals surface area contributed by atoms with E-state index in [9.17, 15) is 39.3 Å². The number of fused-ring (bicyclic) bond motifs is 2. The molecular weight excluding hydrogens is 905 g/mol. The van der Waals surface area contributed by atoms with Crippen LogP contribution in [0.4, 0.5) is 9.59 Å². The molecule has 3 heterocycles. The van der Waals surface area contributed by atoms with Gasteiger partial charge in [-0.25, -0.2) is 9.59 Å². The van der Waals surface area contributed by atoms with Crippen LogP contribution in [-0.4, -0.2) is 110 Å². The number of aliphatic hydroxyl groups is 1. The molecule has 2 aromatic heterocycles. The maximum atomic E-state index is 12.4. The fraction of sp³-hybridized carbons (Fsp3) is 0.518. The molecule has 2 atom stereocenters. The number of carboxylic acid groups (broad SMARTS) is 2. The van der Waals surface area contributed by atoms with E-state index in [0.29, 0.717) is 51.4 Å². The fourth-order valence-corrected chi connectivity index (χ4v) is 8.37. The lowest BCUT2D eigenvalue weighted by Crippen LogP contribution is -2.36. The van der Waals surface area contributed by atoms with Gasteiger partial charge in [-0.3, -0.25) is 24.4 Å². The number of hydrogen-bond donors (Lipinski definition) is 3. The molecule has 1 aliphatic heterocycles. The van der Waals surface area contributed by atoms with Crippen LogP contribution >= 0.6 is 0 Å². The van der Waals surface area contributed by atoms with Crippen LogP contribution < -0.4 is 0 Å². The lowest BCUT2D eigenvalue weighted by atomic mass is 9.73. The van der Waals surface area contributed by atoms with Crippen molar-refractivity contribution in [2.24, 2.45) is 10.8 Å². The molecule has 7 rings (SSSR count). The summed E-state index contributed by atoms with van der Waals surface area (Å²) in [5.41, 5.74) is 1.55. The van der Waals surface area contributed by atoms with Crippen LogP contribution in [-0.2, 0) is 28.6 Å². The molecule has 3 fully saturated rings. The highest BCUT2D eigenvalue weighted by Gasteiger charge is 2.40. The summed E-state index contributed by atoms with van der Waals surface area (Å²) in [5.74, 6) is -1.63. The van der Waals surface area contributed by atoms with Gasteiger partial charge in [-0.1, -0.05) is 60.7 Å². The molecule has 384 valence electrons. The van der Waals surface area contributed by atoms with E-state index in [4.69, 9.17) is 24.2 Å². The van der Waals surface area contributed by atoms with Gasteiger partial charge >= 0.3 is 24.1 Å². The third kappa shape index (κ3) is 15.6. The molecule has 0 unspecified atom stereocenters. The van der Waals surface area contributed by atoms with E-state index in [-0.39, 0.29) is 17.9 Å². The van der Waals surface area contributed by atoms with Gasteiger partial charge in [0.15, 0.2) is 0 Å². The number of aliphatic hydroxyl groups excluding tert-OH is 1. The number of benzene rings is 2. The van der Waals surface area contributed by atoms with Gasteiger partial charge in [0.05, 0.1) is 51.4 Å². The van der Waals surface area contributed by atoms with Crippen molar-refractivity contribution in [3.05, 3.63) is 95.3 Å². The minimum Gasteiger partial charge on any atom is -0.481 e. The van der Waals surface area contributed by atoms with Crippen LogP contribution in [0.25, 0.3) is 34.0 Å². The van der Waals surface area contributed by atoms with Crippen molar-refractivity contribution in [1.29, 1.82) is 0 Å². The monoisotopic (exact) mass is 979 g/mol. The topological polar surface area (TPSA) is 206 Å². The first kappa shape index (κ1) is 55.7. The summed E-state index contributed by atoms with van der Waals surface area (Å²) >= 11 is 0. The first-order valence-corrected chi connectivity index (χ1v) is 24.7. The first-order chi connectivity index (χ1) is 33.3. The summed E-state index contributed by atoms with van der Waals surface area (Å²) in [7, 11) is 3.38. The van der Waals surface area contributed by atoms with Gasteiger partial charge in [0.25, 0.3) is 0 Å². The average Bonchev–Trinajstić information content (AvgIpc) is 3.92. The third-order valence-electron chi connectivity index (χ3n) is 13.3. The quantitative estimate of drug-likeness (QED) is 0.135. The van der Waals surface area contributed by atoms with E-state index in [1.165, 1.54) is 22.6 Å². The normalized spacial score (nSPS) is 20.0. The Morgan fingerprint density at radius 1 is 0.662 bits per heavy atom. The molecule has 3 N–H and O–H groups in total. The van der Waals surface area contributed by atoms with Crippen molar-refractivity contribution in [3.63, 3.8) is 0 Å². The summed E-state index contributed by atoms with van der Waals surface area (Å²) in [5, 5.41) is 31.2. The number of nitrogens with zero attached hydrogens (tertiary/aromatic N) is 4. The van der Waals surface area contributed by atoms with E-state index >= 15 is 0 Å². The Hall–Kier alpha value is -6.19. The molecule has 0 bridgehead atoms. The first-order valence-electron chi connectivity index (χ1n) is 24.7. The van der Waals surface area contributed by atoms with E-state index < -0.39 is 52.3 Å². The van der Waals surface area contributed by atoms with Gasteiger partial charge in [0, 0.05) is 50.9 Å². The SMILES string of the molecule is C1CCOC1.C[C@H](c1ccc2ccc(/C=C/C3(C(=O)O)CCC(=O)CC3)cc2n1)N(C)C(=O)OC(C)(C)C.C[C@H](c1ccc2ccc(/C=C/C3(C(=O)O)CCC(O)CC3)cc2n1)N(C)C(=O)OC(C)(C)C. The molecule has 2 amide bonds. The molecule has 2 aromatic carbocycles. The zero-order chi connectivity index (χ0) is 52.3. The highest BCUT2D eigenvalue weighted by Crippen LogP contribution is 2.40. The number of aromatic nitrogens is 2. The van der Waals surface area contributed by atoms with E-state index in [1.807, 2.05) is 122 Å². The minimum atomic E-state index is -1.01. The number of carboxylic acids is 2. The Morgan fingerprint density at radius 2 is 1.04 bits per heavy atom. The highest BCUT2D eigenvalue weighted by molar-refractivity contribution is 5.87. The number of Topliss-reactive ketones (excluding diaryl/α,β-unsaturated/α-hetero) is 1. The van der Waals surface area contributed by atoms with Gasteiger partial charge in [0.2, 0.25) is 0 Å². The second-order valence-corrected chi connectivity index (χ2v) is 21.1. The van der Waals surface area contributed by atoms with Crippen molar-refractivity contribution in [3.8, 4) is 0 Å². The third-order valence-corrected chi connectivity index (χ3v) is 13.3. The van der Waals surface area contributed by atoms with Crippen molar-refractivity contribution < 1.29 is 53.5 Å². The number of hydrogen-bond acceptors (Lipinski definition) is 11. The Labute approximate surface area is 418 Å². The molecule has 15 heteroatoms. The number of carbonyl (C=O) groups is 5. The zero-order valence-corrected chi connectivity index (χ0v) is 43.2. The van der Waals surface area contributed by atoms with Gasteiger partial charge in [-0.2, -0.15) is 0 Å². The zero-order valence-electron chi connectivity index (χ0n) is 43.2. The maximum Gasteiger partial charge on any atom is 0.410 e. The van der Waals surface area contributed by atoms with E-state index in [0.717, 1.165) is 57.5 Å². The van der Waals surface area contributed by atoms with Crippen molar-refractivity contribution in [2.45, 2.75) is 149 Å². The molecule has 0 radical (unpaired) electrons. The predicted octanol–water partition coefficient (Wildman–Crippen LogP) is 11.4. The summed E-state index contributed by atoms with van der Waals surface area (Å²) in [6, 6.07) is 18.7.